The van der Waals surface area contributed by atoms with E-state index in [1.165, 1.54) is 0 Å². The number of halogens is 1. The first-order chi connectivity index (χ1) is 8.51. The molecule has 2 unspecified atom stereocenters. The molecule has 1 aromatic heterocycles. The zero-order valence-electron chi connectivity index (χ0n) is 10.6. The number of carboxylic acid groups (broad SMARTS) is 1. The van der Waals surface area contributed by atoms with Crippen LogP contribution in [0.5, 0.6) is 0 Å². The van der Waals surface area contributed by atoms with Gasteiger partial charge in [0.25, 0.3) is 0 Å². The smallest absolute Gasteiger partial charge is 0.324 e. The molecule has 0 saturated carbocycles. The summed E-state index contributed by atoms with van der Waals surface area (Å²) >= 11 is 3.28. The molecule has 1 aliphatic rings. The van der Waals surface area contributed by atoms with E-state index in [0.29, 0.717) is 17.5 Å². The molecule has 2 atom stereocenters. The molecule has 1 aromatic rings. The summed E-state index contributed by atoms with van der Waals surface area (Å²) in [6.07, 6.45) is 2.26. The fourth-order valence-corrected chi connectivity index (χ4v) is 3.25. The lowest BCUT2D eigenvalue weighted by Gasteiger charge is -2.37. The van der Waals surface area contributed by atoms with Crippen molar-refractivity contribution in [2.24, 2.45) is 0 Å². The number of hydrogen-bond acceptors (Lipinski definition) is 3. The maximum Gasteiger partial charge on any atom is 0.324 e. The quantitative estimate of drug-likeness (QED) is 0.924. The number of carbonyl (C=O) groups is 1. The van der Waals surface area contributed by atoms with Crippen LogP contribution in [0.3, 0.4) is 0 Å². The van der Waals surface area contributed by atoms with Gasteiger partial charge in [-0.15, -0.1) is 0 Å². The molecule has 4 nitrogen and oxygen atoms in total. The van der Waals surface area contributed by atoms with Crippen molar-refractivity contribution in [3.63, 3.8) is 0 Å². The summed E-state index contributed by atoms with van der Waals surface area (Å²) in [5.74, 6) is 0.0859. The second-order valence-corrected chi connectivity index (χ2v) is 5.59. The molecule has 0 aromatic carbocycles. The molecule has 1 fully saturated rings. The lowest BCUT2D eigenvalue weighted by Crippen LogP contribution is -2.50. The van der Waals surface area contributed by atoms with Crippen LogP contribution in [0, 0.1) is 0 Å². The van der Waals surface area contributed by atoms with Gasteiger partial charge in [-0.2, -0.15) is 0 Å². The van der Waals surface area contributed by atoms with Gasteiger partial charge in [0.05, 0.1) is 6.04 Å². The Morgan fingerprint density at radius 1 is 1.67 bits per heavy atom. The molecule has 0 aliphatic carbocycles. The van der Waals surface area contributed by atoms with Gasteiger partial charge in [0.15, 0.2) is 4.67 Å². The van der Waals surface area contributed by atoms with Crippen LogP contribution in [0.15, 0.2) is 21.2 Å². The monoisotopic (exact) mass is 315 g/mol. The van der Waals surface area contributed by atoms with Crippen LogP contribution < -0.4 is 0 Å². The molecule has 0 amide bonds. The van der Waals surface area contributed by atoms with E-state index in [2.05, 4.69) is 20.8 Å². The highest BCUT2D eigenvalue weighted by Crippen LogP contribution is 2.39. The van der Waals surface area contributed by atoms with E-state index in [1.54, 1.807) is 0 Å². The SMILES string of the molecule is CCC1(C(=O)O)CCCN1C(C)c1ccc(Br)o1. The summed E-state index contributed by atoms with van der Waals surface area (Å²) < 4.78 is 6.24. The average molecular weight is 316 g/mol. The van der Waals surface area contributed by atoms with Crippen molar-refractivity contribution in [2.45, 2.75) is 44.7 Å². The predicted octanol–water partition coefficient (Wildman–Crippen LogP) is 3.43. The van der Waals surface area contributed by atoms with E-state index < -0.39 is 11.5 Å². The second kappa shape index (κ2) is 5.05. The third-order valence-corrected chi connectivity index (χ3v) is 4.42. The van der Waals surface area contributed by atoms with Crippen molar-refractivity contribution in [1.82, 2.24) is 4.90 Å². The van der Waals surface area contributed by atoms with Gasteiger partial charge in [0.2, 0.25) is 0 Å². The zero-order chi connectivity index (χ0) is 13.3. The van der Waals surface area contributed by atoms with Gasteiger partial charge in [-0.25, -0.2) is 0 Å². The summed E-state index contributed by atoms with van der Waals surface area (Å²) in [4.78, 5) is 13.7. The Hall–Kier alpha value is -0.810. The van der Waals surface area contributed by atoms with Crippen LogP contribution in [-0.2, 0) is 4.79 Å². The van der Waals surface area contributed by atoms with Gasteiger partial charge >= 0.3 is 5.97 Å². The van der Waals surface area contributed by atoms with E-state index in [-0.39, 0.29) is 6.04 Å². The highest BCUT2D eigenvalue weighted by atomic mass is 79.9. The second-order valence-electron chi connectivity index (χ2n) is 4.81. The third kappa shape index (κ3) is 2.10. The van der Waals surface area contributed by atoms with Crippen molar-refractivity contribution in [3.05, 3.63) is 22.6 Å². The number of furan rings is 1. The van der Waals surface area contributed by atoms with Crippen LogP contribution in [0.25, 0.3) is 0 Å². The Morgan fingerprint density at radius 3 is 2.89 bits per heavy atom. The largest absolute Gasteiger partial charge is 0.480 e. The molecule has 2 rings (SSSR count). The van der Waals surface area contributed by atoms with E-state index in [1.807, 2.05) is 26.0 Å². The van der Waals surface area contributed by atoms with E-state index in [9.17, 15) is 9.90 Å². The minimum atomic E-state index is -0.737. The fourth-order valence-electron chi connectivity index (χ4n) is 2.93. The van der Waals surface area contributed by atoms with Gasteiger partial charge in [0, 0.05) is 6.54 Å². The van der Waals surface area contributed by atoms with E-state index in [0.717, 1.165) is 18.7 Å². The Kier molecular flexibility index (Phi) is 3.82. The topological polar surface area (TPSA) is 53.7 Å². The number of nitrogens with zero attached hydrogens (tertiary/aromatic N) is 1. The zero-order valence-corrected chi connectivity index (χ0v) is 12.2. The Balaban J connectivity index is 2.29. The fraction of sp³-hybridized carbons (Fsp3) is 0.615. The van der Waals surface area contributed by atoms with Crippen molar-refractivity contribution < 1.29 is 14.3 Å². The standard InChI is InChI=1S/C13H18BrNO3/c1-3-13(12(16)17)7-4-8-15(13)9(2)10-5-6-11(14)18-10/h5-6,9H,3-4,7-8H2,1-2H3,(H,16,17). The summed E-state index contributed by atoms with van der Waals surface area (Å²) in [5, 5.41) is 9.55. The average Bonchev–Trinajstić information content (AvgIpc) is 2.94. The Labute approximate surface area is 115 Å². The Morgan fingerprint density at radius 2 is 2.39 bits per heavy atom. The first kappa shape index (κ1) is 13.6. The van der Waals surface area contributed by atoms with Gasteiger partial charge in [-0.3, -0.25) is 9.69 Å². The van der Waals surface area contributed by atoms with Gasteiger partial charge in [-0.05, 0) is 54.2 Å². The van der Waals surface area contributed by atoms with E-state index >= 15 is 0 Å². The minimum absolute atomic E-state index is 0.0187. The molecule has 1 aliphatic heterocycles. The number of aliphatic carboxylic acids is 1. The van der Waals surface area contributed by atoms with Crippen molar-refractivity contribution in [1.29, 1.82) is 0 Å². The molecular formula is C13H18BrNO3. The van der Waals surface area contributed by atoms with Crippen LogP contribution >= 0.6 is 15.9 Å². The maximum absolute atomic E-state index is 11.6. The van der Waals surface area contributed by atoms with Crippen LogP contribution in [-0.4, -0.2) is 28.1 Å². The summed E-state index contributed by atoms with van der Waals surface area (Å²) in [6, 6.07) is 3.72. The van der Waals surface area contributed by atoms with Crippen LogP contribution in [0.2, 0.25) is 0 Å². The lowest BCUT2D eigenvalue weighted by atomic mass is 9.91. The van der Waals surface area contributed by atoms with Gasteiger partial charge < -0.3 is 9.52 Å². The number of likely N-dealkylation sites (tertiary alicyclic amines) is 1. The first-order valence-corrected chi connectivity index (χ1v) is 7.06. The molecule has 100 valence electrons. The van der Waals surface area contributed by atoms with Crippen LogP contribution in [0.4, 0.5) is 0 Å². The van der Waals surface area contributed by atoms with Gasteiger partial charge in [0.1, 0.15) is 11.3 Å². The third-order valence-electron chi connectivity index (χ3n) is 4.00. The molecule has 0 spiro atoms. The maximum atomic E-state index is 11.6. The summed E-state index contributed by atoms with van der Waals surface area (Å²) in [5.41, 5.74) is -0.737. The normalized spacial score (nSPS) is 26.4. The molecular weight excluding hydrogens is 298 g/mol. The summed E-state index contributed by atoms with van der Waals surface area (Å²) in [7, 11) is 0. The first-order valence-electron chi connectivity index (χ1n) is 6.26. The molecule has 2 heterocycles. The molecule has 1 N–H and O–H groups in total. The Bertz CT molecular complexity index is 445. The van der Waals surface area contributed by atoms with E-state index in [4.69, 9.17) is 4.42 Å². The van der Waals surface area contributed by atoms with Crippen molar-refractivity contribution >= 4 is 21.9 Å². The van der Waals surface area contributed by atoms with Crippen molar-refractivity contribution in [2.75, 3.05) is 6.54 Å². The number of hydrogen-bond donors (Lipinski definition) is 1. The number of rotatable bonds is 4. The number of carboxylic acids is 1. The molecule has 0 radical (unpaired) electrons. The van der Waals surface area contributed by atoms with Crippen molar-refractivity contribution in [3.8, 4) is 0 Å². The lowest BCUT2D eigenvalue weighted by molar-refractivity contribution is -0.151. The predicted molar refractivity (Wildman–Crippen MR) is 71.4 cm³/mol. The summed E-state index contributed by atoms with van der Waals surface area (Å²) in [6.45, 7) is 4.75. The molecule has 0 bridgehead atoms. The molecule has 18 heavy (non-hydrogen) atoms. The highest BCUT2D eigenvalue weighted by molar-refractivity contribution is 9.10. The van der Waals surface area contributed by atoms with Crippen LogP contribution in [0.1, 0.15) is 44.9 Å². The highest BCUT2D eigenvalue weighted by Gasteiger charge is 2.48. The molecule has 1 saturated heterocycles. The molecule has 5 heteroatoms. The minimum Gasteiger partial charge on any atom is -0.480 e. The van der Waals surface area contributed by atoms with Gasteiger partial charge in [-0.1, -0.05) is 6.92 Å².